The van der Waals surface area contributed by atoms with E-state index in [9.17, 15) is 40.5 Å². The molecule has 0 aliphatic carbocycles. The van der Waals surface area contributed by atoms with E-state index >= 15 is 0 Å². The summed E-state index contributed by atoms with van der Waals surface area (Å²) in [5.74, 6) is -0.992. The molecule has 1 saturated heterocycles. The standard InChI is InChI=1S/C15H30N2O11/c16-2-1-3-17-14(26)11(24)10(23)13(6(20)4-18)28-15-12(25)9(22)8(21)7(5-19)27-15/h6-13,15,18-25H,1-5,16H2,(H,17,26)/t6-,7-,8+,9+,10-,11-,12-,13-,15?/m1/s1. The summed E-state index contributed by atoms with van der Waals surface area (Å²) in [4.78, 5) is 11.9. The van der Waals surface area contributed by atoms with Crippen LogP contribution in [0.1, 0.15) is 6.42 Å². The number of aliphatic hydroxyl groups excluding tert-OH is 8. The van der Waals surface area contributed by atoms with Crippen molar-refractivity contribution in [1.82, 2.24) is 5.32 Å². The van der Waals surface area contributed by atoms with E-state index in [1.165, 1.54) is 0 Å². The van der Waals surface area contributed by atoms with Gasteiger partial charge in [-0.05, 0) is 13.0 Å². The lowest BCUT2D eigenvalue weighted by Crippen LogP contribution is -2.62. The summed E-state index contributed by atoms with van der Waals surface area (Å²) in [5.41, 5.74) is 5.28. The topological polar surface area (TPSA) is 235 Å². The second-order valence-electron chi connectivity index (χ2n) is 6.42. The molecule has 0 saturated carbocycles. The van der Waals surface area contributed by atoms with Crippen molar-refractivity contribution in [1.29, 1.82) is 0 Å². The molecule has 0 aromatic heterocycles. The largest absolute Gasteiger partial charge is 0.394 e. The summed E-state index contributed by atoms with van der Waals surface area (Å²) < 4.78 is 10.3. The third-order valence-corrected chi connectivity index (χ3v) is 4.31. The van der Waals surface area contributed by atoms with Crippen LogP contribution in [0.4, 0.5) is 0 Å². The molecule has 0 bridgehead atoms. The number of aliphatic hydroxyl groups is 8. The predicted molar refractivity (Wildman–Crippen MR) is 90.4 cm³/mol. The highest BCUT2D eigenvalue weighted by atomic mass is 16.7. The molecule has 9 atom stereocenters. The van der Waals surface area contributed by atoms with Gasteiger partial charge >= 0.3 is 0 Å². The number of nitrogens with one attached hydrogen (secondary N) is 1. The van der Waals surface area contributed by atoms with Crippen LogP contribution in [0.2, 0.25) is 0 Å². The first kappa shape index (κ1) is 25.1. The van der Waals surface area contributed by atoms with Crippen LogP contribution in [0.3, 0.4) is 0 Å². The van der Waals surface area contributed by atoms with Crippen molar-refractivity contribution in [2.24, 2.45) is 5.73 Å². The van der Waals surface area contributed by atoms with Gasteiger partial charge in [-0.15, -0.1) is 0 Å². The van der Waals surface area contributed by atoms with Crippen LogP contribution in [0, 0.1) is 0 Å². The summed E-state index contributed by atoms with van der Waals surface area (Å²) >= 11 is 0. The average molecular weight is 414 g/mol. The van der Waals surface area contributed by atoms with Gasteiger partial charge in [0.15, 0.2) is 12.4 Å². The second kappa shape index (κ2) is 11.9. The molecule has 13 heteroatoms. The number of carbonyl (C=O) groups excluding carboxylic acids is 1. The van der Waals surface area contributed by atoms with Gasteiger partial charge in [-0.1, -0.05) is 0 Å². The number of ether oxygens (including phenoxy) is 2. The minimum absolute atomic E-state index is 0.125. The Kier molecular flexibility index (Phi) is 10.6. The van der Waals surface area contributed by atoms with E-state index in [1.54, 1.807) is 0 Å². The summed E-state index contributed by atoms with van der Waals surface area (Å²) in [6, 6.07) is 0. The first-order valence-electron chi connectivity index (χ1n) is 8.78. The fourth-order valence-electron chi connectivity index (χ4n) is 2.59. The molecule has 1 fully saturated rings. The number of rotatable bonds is 11. The zero-order chi connectivity index (χ0) is 21.4. The maximum Gasteiger partial charge on any atom is 0.251 e. The Hall–Kier alpha value is -0.970. The van der Waals surface area contributed by atoms with Gasteiger partial charge in [0.2, 0.25) is 0 Å². The smallest absolute Gasteiger partial charge is 0.251 e. The van der Waals surface area contributed by atoms with Crippen LogP contribution >= 0.6 is 0 Å². The molecule has 11 N–H and O–H groups in total. The van der Waals surface area contributed by atoms with Gasteiger partial charge in [-0.2, -0.15) is 0 Å². The molecule has 1 heterocycles. The van der Waals surface area contributed by atoms with Crippen LogP contribution in [0.15, 0.2) is 0 Å². The maximum absolute atomic E-state index is 11.9. The van der Waals surface area contributed by atoms with Gasteiger partial charge in [0.1, 0.15) is 42.7 Å². The third kappa shape index (κ3) is 6.27. The Morgan fingerprint density at radius 1 is 1.11 bits per heavy atom. The van der Waals surface area contributed by atoms with Crippen molar-refractivity contribution in [3.05, 3.63) is 0 Å². The Bertz CT molecular complexity index is 469. The fourth-order valence-corrected chi connectivity index (χ4v) is 2.59. The van der Waals surface area contributed by atoms with Crippen LogP contribution in [0.5, 0.6) is 0 Å². The highest BCUT2D eigenvalue weighted by molar-refractivity contribution is 5.81. The molecule has 13 nitrogen and oxygen atoms in total. The zero-order valence-electron chi connectivity index (χ0n) is 15.1. The SMILES string of the molecule is NCCCNC(=O)[C@H](O)[C@@H](O)[C@H](OC1O[C@H](CO)[C@H](O)[C@H](O)[C@H]1O)[C@H](O)CO. The van der Waals surface area contributed by atoms with Crippen LogP contribution in [-0.2, 0) is 14.3 Å². The maximum atomic E-state index is 11.9. The predicted octanol–water partition coefficient (Wildman–Crippen LogP) is -6.29. The molecule has 1 aliphatic rings. The molecular formula is C15H30N2O11. The molecule has 1 amide bonds. The summed E-state index contributed by atoms with van der Waals surface area (Å²) in [6.45, 7) is -1.28. The van der Waals surface area contributed by atoms with Gasteiger partial charge in [0.25, 0.3) is 5.91 Å². The van der Waals surface area contributed by atoms with Crippen LogP contribution in [-0.4, -0.2) is 128 Å². The molecule has 28 heavy (non-hydrogen) atoms. The number of hydrogen-bond acceptors (Lipinski definition) is 12. The highest BCUT2D eigenvalue weighted by Gasteiger charge is 2.47. The van der Waals surface area contributed by atoms with E-state index < -0.39 is 74.2 Å². The fraction of sp³-hybridized carbons (Fsp3) is 0.933. The Labute approximate surface area is 160 Å². The van der Waals surface area contributed by atoms with Crippen molar-refractivity contribution in [2.45, 2.75) is 61.5 Å². The van der Waals surface area contributed by atoms with E-state index in [1.807, 2.05) is 0 Å². The normalized spacial score (nSPS) is 32.4. The first-order valence-corrected chi connectivity index (χ1v) is 8.78. The number of carbonyl (C=O) groups is 1. The highest BCUT2D eigenvalue weighted by Crippen LogP contribution is 2.25. The first-order chi connectivity index (χ1) is 13.2. The van der Waals surface area contributed by atoms with Crippen LogP contribution < -0.4 is 11.1 Å². The quantitative estimate of drug-likeness (QED) is 0.142. The zero-order valence-corrected chi connectivity index (χ0v) is 15.1. The second-order valence-corrected chi connectivity index (χ2v) is 6.42. The Balaban J connectivity index is 2.88. The summed E-state index contributed by atoms with van der Waals surface area (Å²) in [6.07, 6.45) is -15.8. The van der Waals surface area contributed by atoms with Gasteiger partial charge in [0.05, 0.1) is 13.2 Å². The van der Waals surface area contributed by atoms with Crippen molar-refractivity contribution < 1.29 is 55.1 Å². The minimum Gasteiger partial charge on any atom is -0.394 e. The summed E-state index contributed by atoms with van der Waals surface area (Å²) in [5, 5.41) is 80.2. The van der Waals surface area contributed by atoms with E-state index in [-0.39, 0.29) is 13.1 Å². The number of hydrogen-bond donors (Lipinski definition) is 10. The van der Waals surface area contributed by atoms with E-state index in [0.29, 0.717) is 6.42 Å². The number of nitrogens with two attached hydrogens (primary N) is 1. The third-order valence-electron chi connectivity index (χ3n) is 4.31. The molecule has 0 radical (unpaired) electrons. The molecule has 1 aliphatic heterocycles. The van der Waals surface area contributed by atoms with Gasteiger partial charge < -0.3 is 61.4 Å². The Morgan fingerprint density at radius 3 is 2.29 bits per heavy atom. The van der Waals surface area contributed by atoms with E-state index in [0.717, 1.165) is 0 Å². The monoisotopic (exact) mass is 414 g/mol. The molecule has 166 valence electrons. The Morgan fingerprint density at radius 2 is 1.75 bits per heavy atom. The van der Waals surface area contributed by atoms with Crippen molar-refractivity contribution in [2.75, 3.05) is 26.3 Å². The van der Waals surface area contributed by atoms with Crippen molar-refractivity contribution in [3.8, 4) is 0 Å². The van der Waals surface area contributed by atoms with E-state index in [2.05, 4.69) is 5.32 Å². The molecule has 0 aromatic rings. The van der Waals surface area contributed by atoms with E-state index in [4.69, 9.17) is 20.3 Å². The average Bonchev–Trinajstić information content (AvgIpc) is 2.70. The lowest BCUT2D eigenvalue weighted by molar-refractivity contribution is -0.326. The van der Waals surface area contributed by atoms with Crippen molar-refractivity contribution >= 4 is 5.91 Å². The number of amides is 1. The lowest BCUT2D eigenvalue weighted by Gasteiger charge is -2.42. The van der Waals surface area contributed by atoms with Crippen LogP contribution in [0.25, 0.3) is 0 Å². The van der Waals surface area contributed by atoms with Gasteiger partial charge in [-0.3, -0.25) is 4.79 Å². The molecular weight excluding hydrogens is 384 g/mol. The molecule has 1 unspecified atom stereocenters. The minimum atomic E-state index is -2.08. The lowest BCUT2D eigenvalue weighted by atomic mass is 9.98. The van der Waals surface area contributed by atoms with Gasteiger partial charge in [0, 0.05) is 6.54 Å². The molecule has 1 rings (SSSR count). The van der Waals surface area contributed by atoms with Gasteiger partial charge in [-0.25, -0.2) is 0 Å². The molecule has 0 aromatic carbocycles. The molecule has 0 spiro atoms. The van der Waals surface area contributed by atoms with Crippen molar-refractivity contribution in [3.63, 3.8) is 0 Å². The summed E-state index contributed by atoms with van der Waals surface area (Å²) in [7, 11) is 0.